The topological polar surface area (TPSA) is 94.1 Å². The monoisotopic (exact) mass is 365 g/mol. The molecule has 0 atom stereocenters. The zero-order valence-electron chi connectivity index (χ0n) is 15.2. The van der Waals surface area contributed by atoms with Crippen LogP contribution in [0.4, 0.5) is 11.8 Å². The van der Waals surface area contributed by atoms with E-state index in [-0.39, 0.29) is 11.3 Å². The van der Waals surface area contributed by atoms with Gasteiger partial charge < -0.3 is 15.3 Å². The minimum absolute atomic E-state index is 0.161. The van der Waals surface area contributed by atoms with Crippen LogP contribution < -0.4 is 15.8 Å². The summed E-state index contributed by atoms with van der Waals surface area (Å²) in [6.45, 7) is 1.53. The summed E-state index contributed by atoms with van der Waals surface area (Å²) in [5, 5.41) is 12.5. The molecule has 0 aliphatic heterocycles. The lowest BCUT2D eigenvalue weighted by molar-refractivity contribution is 0.475. The zero-order chi connectivity index (χ0) is 19.1. The molecule has 3 aromatic rings. The van der Waals surface area contributed by atoms with Crippen molar-refractivity contribution in [1.29, 1.82) is 0 Å². The number of hydrogen-bond acceptors (Lipinski definition) is 6. The predicted octanol–water partition coefficient (Wildman–Crippen LogP) is 2.40. The molecule has 0 aliphatic rings. The summed E-state index contributed by atoms with van der Waals surface area (Å²) in [7, 11) is 2.00. The van der Waals surface area contributed by atoms with E-state index in [1.54, 1.807) is 36.7 Å². The fraction of sp³-hybridized carbons (Fsp3) is 0.250. The predicted molar refractivity (Wildman–Crippen MR) is 106 cm³/mol. The Balaban J connectivity index is 1.49. The molecule has 7 heteroatoms. The van der Waals surface area contributed by atoms with Crippen molar-refractivity contribution in [3.63, 3.8) is 0 Å². The molecule has 0 unspecified atom stereocenters. The van der Waals surface area contributed by atoms with E-state index in [4.69, 9.17) is 0 Å². The molecule has 0 fully saturated rings. The van der Waals surface area contributed by atoms with Crippen molar-refractivity contribution in [2.45, 2.75) is 12.8 Å². The number of pyridine rings is 1. The van der Waals surface area contributed by atoms with Crippen molar-refractivity contribution in [3.8, 4) is 5.75 Å². The number of aromatic hydroxyl groups is 1. The van der Waals surface area contributed by atoms with Crippen molar-refractivity contribution < 1.29 is 5.11 Å². The van der Waals surface area contributed by atoms with Crippen LogP contribution in [0.15, 0.2) is 59.7 Å². The molecular weight excluding hydrogens is 342 g/mol. The van der Waals surface area contributed by atoms with Crippen molar-refractivity contribution >= 4 is 11.8 Å². The number of aromatic nitrogens is 3. The first-order valence-electron chi connectivity index (χ1n) is 8.84. The molecule has 0 spiro atoms. The van der Waals surface area contributed by atoms with Crippen LogP contribution in [0.1, 0.15) is 17.5 Å². The number of aromatic amines is 1. The number of anilines is 2. The first kappa shape index (κ1) is 18.4. The maximum Gasteiger partial charge on any atom is 0.255 e. The van der Waals surface area contributed by atoms with E-state index in [2.05, 4.69) is 25.2 Å². The molecule has 0 amide bonds. The average molecular weight is 365 g/mol. The van der Waals surface area contributed by atoms with E-state index >= 15 is 0 Å². The first-order chi connectivity index (χ1) is 13.1. The normalized spacial score (nSPS) is 10.6. The maximum absolute atomic E-state index is 12.2. The van der Waals surface area contributed by atoms with E-state index in [9.17, 15) is 9.90 Å². The number of H-pyrrole nitrogens is 1. The number of phenolic OH excluding ortho intramolecular Hbond substituents is 1. The number of benzene rings is 1. The summed E-state index contributed by atoms with van der Waals surface area (Å²) in [5.74, 6) is 1.61. The SMILES string of the molecule is CN(CCCNc1ncc(Cc2ccc(O)cc2)c(=O)[nH]1)c1ccccn1. The highest BCUT2D eigenvalue weighted by Crippen LogP contribution is 2.12. The lowest BCUT2D eigenvalue weighted by Gasteiger charge is -2.17. The Hall–Kier alpha value is -3.35. The van der Waals surface area contributed by atoms with Crippen LogP contribution in [-0.2, 0) is 6.42 Å². The Bertz CT molecular complexity index is 910. The minimum atomic E-state index is -0.161. The second kappa shape index (κ2) is 8.84. The molecular formula is C20H23N5O2. The summed E-state index contributed by atoms with van der Waals surface area (Å²) in [4.78, 5) is 25.7. The fourth-order valence-electron chi connectivity index (χ4n) is 2.69. The molecule has 140 valence electrons. The van der Waals surface area contributed by atoms with Crippen molar-refractivity contribution in [1.82, 2.24) is 15.0 Å². The molecule has 27 heavy (non-hydrogen) atoms. The Morgan fingerprint density at radius 2 is 1.96 bits per heavy atom. The van der Waals surface area contributed by atoms with Crippen molar-refractivity contribution in [2.75, 3.05) is 30.4 Å². The van der Waals surface area contributed by atoms with Gasteiger partial charge in [0, 0.05) is 44.5 Å². The Labute approximate surface area is 157 Å². The van der Waals surface area contributed by atoms with Gasteiger partial charge in [0.25, 0.3) is 5.56 Å². The van der Waals surface area contributed by atoms with Gasteiger partial charge in [-0.3, -0.25) is 9.78 Å². The molecule has 2 aromatic heterocycles. The van der Waals surface area contributed by atoms with Gasteiger partial charge in [0.15, 0.2) is 0 Å². The van der Waals surface area contributed by atoms with Gasteiger partial charge in [-0.15, -0.1) is 0 Å². The van der Waals surface area contributed by atoms with E-state index < -0.39 is 0 Å². The van der Waals surface area contributed by atoms with Gasteiger partial charge >= 0.3 is 0 Å². The number of rotatable bonds is 8. The highest BCUT2D eigenvalue weighted by Gasteiger charge is 2.05. The van der Waals surface area contributed by atoms with Crippen molar-refractivity contribution in [3.05, 3.63) is 76.3 Å². The Kier molecular flexibility index (Phi) is 6.04. The number of hydrogen-bond donors (Lipinski definition) is 3. The lowest BCUT2D eigenvalue weighted by Crippen LogP contribution is -2.23. The van der Waals surface area contributed by atoms with Crippen LogP contribution in [0.25, 0.3) is 0 Å². The third kappa shape index (κ3) is 5.31. The quantitative estimate of drug-likeness (QED) is 0.531. The fourth-order valence-corrected chi connectivity index (χ4v) is 2.69. The van der Waals surface area contributed by atoms with Crippen LogP contribution in [0.5, 0.6) is 5.75 Å². The van der Waals surface area contributed by atoms with Crippen LogP contribution in [0, 0.1) is 0 Å². The smallest absolute Gasteiger partial charge is 0.255 e. The first-order valence-corrected chi connectivity index (χ1v) is 8.84. The zero-order valence-corrected chi connectivity index (χ0v) is 15.2. The molecule has 2 heterocycles. The molecule has 0 bridgehead atoms. The van der Waals surface area contributed by atoms with E-state index in [1.807, 2.05) is 25.2 Å². The summed E-state index contributed by atoms with van der Waals surface area (Å²) in [5.41, 5.74) is 1.37. The number of nitrogens with zero attached hydrogens (tertiary/aromatic N) is 3. The Morgan fingerprint density at radius 1 is 1.15 bits per heavy atom. The molecule has 1 aromatic carbocycles. The third-order valence-corrected chi connectivity index (χ3v) is 4.21. The van der Waals surface area contributed by atoms with E-state index in [1.165, 1.54) is 0 Å². The Morgan fingerprint density at radius 3 is 2.67 bits per heavy atom. The van der Waals surface area contributed by atoms with Gasteiger partial charge in [0.1, 0.15) is 11.6 Å². The van der Waals surface area contributed by atoms with Crippen LogP contribution in [0.2, 0.25) is 0 Å². The van der Waals surface area contributed by atoms with Crippen molar-refractivity contribution in [2.24, 2.45) is 0 Å². The highest BCUT2D eigenvalue weighted by atomic mass is 16.3. The molecule has 0 saturated heterocycles. The molecule has 0 saturated carbocycles. The van der Waals surface area contributed by atoms with Gasteiger partial charge in [0.2, 0.25) is 5.95 Å². The van der Waals surface area contributed by atoms with Gasteiger partial charge in [0.05, 0.1) is 0 Å². The maximum atomic E-state index is 12.2. The molecule has 3 rings (SSSR count). The van der Waals surface area contributed by atoms with Gasteiger partial charge in [-0.05, 0) is 36.2 Å². The van der Waals surface area contributed by atoms with Crippen LogP contribution >= 0.6 is 0 Å². The average Bonchev–Trinajstić information content (AvgIpc) is 2.69. The summed E-state index contributed by atoms with van der Waals surface area (Å²) < 4.78 is 0. The van der Waals surface area contributed by atoms with Crippen LogP contribution in [0.3, 0.4) is 0 Å². The second-order valence-electron chi connectivity index (χ2n) is 6.32. The third-order valence-electron chi connectivity index (χ3n) is 4.21. The largest absolute Gasteiger partial charge is 0.508 e. The second-order valence-corrected chi connectivity index (χ2v) is 6.32. The van der Waals surface area contributed by atoms with Gasteiger partial charge in [-0.2, -0.15) is 0 Å². The van der Waals surface area contributed by atoms with E-state index in [0.29, 0.717) is 24.5 Å². The standard InChI is InChI=1S/C20H23N5O2/c1-25(18-5-2-3-10-21-18)12-4-11-22-20-23-14-16(19(27)24-20)13-15-6-8-17(26)9-7-15/h2-3,5-10,14,26H,4,11-13H2,1H3,(H2,22,23,24,27). The lowest BCUT2D eigenvalue weighted by atomic mass is 10.1. The number of nitrogens with one attached hydrogen (secondary N) is 2. The molecule has 0 aliphatic carbocycles. The van der Waals surface area contributed by atoms with Gasteiger partial charge in [-0.1, -0.05) is 18.2 Å². The van der Waals surface area contributed by atoms with Crippen LogP contribution in [-0.4, -0.2) is 40.2 Å². The number of phenols is 1. The van der Waals surface area contributed by atoms with Gasteiger partial charge in [-0.25, -0.2) is 9.97 Å². The summed E-state index contributed by atoms with van der Waals surface area (Å²) in [6, 6.07) is 12.6. The molecule has 7 nitrogen and oxygen atoms in total. The summed E-state index contributed by atoms with van der Waals surface area (Å²) >= 11 is 0. The minimum Gasteiger partial charge on any atom is -0.508 e. The van der Waals surface area contributed by atoms with E-state index in [0.717, 1.165) is 24.3 Å². The summed E-state index contributed by atoms with van der Waals surface area (Å²) in [6.07, 6.45) is 4.72. The highest BCUT2D eigenvalue weighted by molar-refractivity contribution is 5.36. The molecule has 3 N–H and O–H groups in total. The molecule has 0 radical (unpaired) electrons.